The predicted octanol–water partition coefficient (Wildman–Crippen LogP) is 3.42. The lowest BCUT2D eigenvalue weighted by atomic mass is 10.1. The minimum atomic E-state index is -0.587. The van der Waals surface area contributed by atoms with Crippen LogP contribution in [0.3, 0.4) is 0 Å². The maximum Gasteiger partial charge on any atom is 0.290 e. The molecule has 2 aromatic carbocycles. The van der Waals surface area contributed by atoms with Crippen molar-refractivity contribution in [2.75, 3.05) is 0 Å². The van der Waals surface area contributed by atoms with E-state index >= 15 is 0 Å². The first-order chi connectivity index (χ1) is 14.0. The standard InChI is InChI=1S/C21H21BrN4O3/c1-2-3-6-13-26-21(29)17-8-5-4-7-16(17)18(25-26)20(28)24-23-19(27)14-9-11-15(22)12-10-14/h4-5,7-12H,2-3,6,13H2,1H3,(H,23,27)(H,24,28). The van der Waals surface area contributed by atoms with Crippen LogP contribution in [0.5, 0.6) is 0 Å². The van der Waals surface area contributed by atoms with Crippen molar-refractivity contribution in [1.82, 2.24) is 20.6 Å². The smallest absolute Gasteiger partial charge is 0.267 e. The van der Waals surface area contributed by atoms with Crippen molar-refractivity contribution in [1.29, 1.82) is 0 Å². The Morgan fingerprint density at radius 1 is 0.966 bits per heavy atom. The number of rotatable bonds is 6. The highest BCUT2D eigenvalue weighted by molar-refractivity contribution is 9.10. The minimum Gasteiger partial charge on any atom is -0.267 e. The average Bonchev–Trinajstić information content (AvgIpc) is 2.74. The van der Waals surface area contributed by atoms with Crippen LogP contribution in [0.25, 0.3) is 10.8 Å². The van der Waals surface area contributed by atoms with Crippen molar-refractivity contribution < 1.29 is 9.59 Å². The molecule has 3 aromatic rings. The minimum absolute atomic E-state index is 0.0906. The zero-order valence-corrected chi connectivity index (χ0v) is 17.5. The molecule has 150 valence electrons. The van der Waals surface area contributed by atoms with E-state index in [1.807, 2.05) is 0 Å². The number of hydrazine groups is 1. The lowest BCUT2D eigenvalue weighted by Gasteiger charge is -2.12. The molecule has 0 aliphatic carbocycles. The molecular formula is C21H21BrN4O3. The van der Waals surface area contributed by atoms with Gasteiger partial charge in [0.15, 0.2) is 5.69 Å². The second kappa shape index (κ2) is 9.47. The summed E-state index contributed by atoms with van der Waals surface area (Å²) in [5, 5.41) is 5.13. The third-order valence-electron chi connectivity index (χ3n) is 4.45. The summed E-state index contributed by atoms with van der Waals surface area (Å²) < 4.78 is 2.17. The summed E-state index contributed by atoms with van der Waals surface area (Å²) in [5.41, 5.74) is 5.04. The fourth-order valence-corrected chi connectivity index (χ4v) is 3.18. The highest BCUT2D eigenvalue weighted by Gasteiger charge is 2.17. The molecular weight excluding hydrogens is 436 g/mol. The van der Waals surface area contributed by atoms with Crippen LogP contribution in [0.4, 0.5) is 0 Å². The zero-order chi connectivity index (χ0) is 20.8. The molecule has 0 radical (unpaired) electrons. The van der Waals surface area contributed by atoms with Crippen LogP contribution in [-0.4, -0.2) is 21.6 Å². The van der Waals surface area contributed by atoms with Gasteiger partial charge in [-0.05, 0) is 36.8 Å². The number of nitrogens with zero attached hydrogens (tertiary/aromatic N) is 2. The lowest BCUT2D eigenvalue weighted by molar-refractivity contribution is 0.0843. The number of fused-ring (bicyclic) bond motifs is 1. The molecule has 1 heterocycles. The summed E-state index contributed by atoms with van der Waals surface area (Å²) >= 11 is 3.31. The second-order valence-corrected chi connectivity index (χ2v) is 7.46. The molecule has 8 heteroatoms. The molecule has 0 aliphatic heterocycles. The Balaban J connectivity index is 1.84. The van der Waals surface area contributed by atoms with E-state index in [2.05, 4.69) is 38.8 Å². The molecule has 0 aliphatic rings. The van der Waals surface area contributed by atoms with Crippen molar-refractivity contribution >= 4 is 38.5 Å². The Kier molecular flexibility index (Phi) is 6.77. The number of benzene rings is 2. The van der Waals surface area contributed by atoms with Crippen molar-refractivity contribution in [2.45, 2.75) is 32.7 Å². The average molecular weight is 457 g/mol. The Bertz CT molecular complexity index is 1090. The summed E-state index contributed by atoms with van der Waals surface area (Å²) in [6.07, 6.45) is 2.77. The maximum absolute atomic E-state index is 12.7. The van der Waals surface area contributed by atoms with Gasteiger partial charge in [0.2, 0.25) is 0 Å². The van der Waals surface area contributed by atoms with E-state index in [-0.39, 0.29) is 11.3 Å². The zero-order valence-electron chi connectivity index (χ0n) is 15.9. The predicted molar refractivity (Wildman–Crippen MR) is 115 cm³/mol. The largest absolute Gasteiger partial charge is 0.290 e. The number of nitrogens with one attached hydrogen (secondary N) is 2. The highest BCUT2D eigenvalue weighted by Crippen LogP contribution is 2.14. The van der Waals surface area contributed by atoms with Crippen molar-refractivity contribution in [3.8, 4) is 0 Å². The molecule has 0 spiro atoms. The van der Waals surface area contributed by atoms with E-state index in [4.69, 9.17) is 0 Å². The molecule has 0 atom stereocenters. The van der Waals surface area contributed by atoms with E-state index in [0.29, 0.717) is 22.9 Å². The van der Waals surface area contributed by atoms with Gasteiger partial charge in [0.1, 0.15) is 0 Å². The Hall–Kier alpha value is -3.00. The maximum atomic E-state index is 12.7. The van der Waals surface area contributed by atoms with Crippen LogP contribution < -0.4 is 16.4 Å². The van der Waals surface area contributed by atoms with E-state index in [0.717, 1.165) is 23.7 Å². The van der Waals surface area contributed by atoms with Crippen LogP contribution >= 0.6 is 15.9 Å². The number of amides is 2. The summed E-state index contributed by atoms with van der Waals surface area (Å²) in [4.78, 5) is 37.6. The molecule has 1 aromatic heterocycles. The fourth-order valence-electron chi connectivity index (χ4n) is 2.91. The second-order valence-electron chi connectivity index (χ2n) is 6.54. The first-order valence-corrected chi connectivity index (χ1v) is 10.2. The SMILES string of the molecule is CCCCCn1nc(C(=O)NNC(=O)c2ccc(Br)cc2)c2ccccc2c1=O. The van der Waals surface area contributed by atoms with Crippen molar-refractivity contribution in [3.05, 3.63) is 74.6 Å². The Morgan fingerprint density at radius 2 is 1.62 bits per heavy atom. The van der Waals surface area contributed by atoms with Gasteiger partial charge in [-0.2, -0.15) is 5.10 Å². The van der Waals surface area contributed by atoms with Crippen molar-refractivity contribution in [3.63, 3.8) is 0 Å². The number of halogens is 1. The number of aryl methyl sites for hydroxylation is 1. The van der Waals surface area contributed by atoms with Crippen LogP contribution in [0.1, 0.15) is 47.0 Å². The monoisotopic (exact) mass is 456 g/mol. The van der Waals surface area contributed by atoms with Crippen molar-refractivity contribution in [2.24, 2.45) is 0 Å². The number of hydrogen-bond donors (Lipinski definition) is 2. The number of hydrogen-bond acceptors (Lipinski definition) is 4. The molecule has 7 nitrogen and oxygen atoms in total. The Morgan fingerprint density at radius 3 is 2.31 bits per heavy atom. The van der Waals surface area contributed by atoms with Gasteiger partial charge in [0.05, 0.1) is 5.39 Å². The highest BCUT2D eigenvalue weighted by atomic mass is 79.9. The molecule has 2 amide bonds. The van der Waals surface area contributed by atoms with Gasteiger partial charge in [0, 0.05) is 22.0 Å². The Labute approximate surface area is 176 Å². The molecule has 0 unspecified atom stereocenters. The molecule has 29 heavy (non-hydrogen) atoms. The topological polar surface area (TPSA) is 93.1 Å². The molecule has 2 N–H and O–H groups in total. The van der Waals surface area contributed by atoms with Crippen LogP contribution in [-0.2, 0) is 6.54 Å². The van der Waals surface area contributed by atoms with Gasteiger partial charge in [-0.3, -0.25) is 25.2 Å². The van der Waals surface area contributed by atoms with E-state index in [1.54, 1.807) is 48.5 Å². The van der Waals surface area contributed by atoms with Gasteiger partial charge in [-0.1, -0.05) is 53.9 Å². The summed E-state index contributed by atoms with van der Waals surface area (Å²) in [7, 11) is 0. The van der Waals surface area contributed by atoms with Gasteiger partial charge >= 0.3 is 0 Å². The summed E-state index contributed by atoms with van der Waals surface area (Å²) in [6, 6.07) is 13.6. The quantitative estimate of drug-likeness (QED) is 0.438. The number of aromatic nitrogens is 2. The number of carbonyl (C=O) groups excluding carboxylic acids is 2. The van der Waals surface area contributed by atoms with E-state index in [9.17, 15) is 14.4 Å². The molecule has 3 rings (SSSR count). The normalized spacial score (nSPS) is 10.7. The van der Waals surface area contributed by atoms with E-state index < -0.39 is 11.8 Å². The number of carbonyl (C=O) groups is 2. The molecule has 0 saturated heterocycles. The van der Waals surface area contributed by atoms with Crippen LogP contribution in [0.2, 0.25) is 0 Å². The van der Waals surface area contributed by atoms with Gasteiger partial charge in [-0.25, -0.2) is 4.68 Å². The van der Waals surface area contributed by atoms with Crippen LogP contribution in [0.15, 0.2) is 57.8 Å². The first-order valence-electron chi connectivity index (χ1n) is 9.37. The van der Waals surface area contributed by atoms with Crippen LogP contribution in [0, 0.1) is 0 Å². The third kappa shape index (κ3) is 4.89. The molecule has 0 fully saturated rings. The summed E-state index contributed by atoms with van der Waals surface area (Å²) in [6.45, 7) is 2.51. The van der Waals surface area contributed by atoms with E-state index in [1.165, 1.54) is 4.68 Å². The molecule has 0 bridgehead atoms. The first kappa shape index (κ1) is 20.7. The fraction of sp³-hybridized carbons (Fsp3) is 0.238. The number of unbranched alkanes of at least 4 members (excludes halogenated alkanes) is 2. The third-order valence-corrected chi connectivity index (χ3v) is 4.98. The lowest BCUT2D eigenvalue weighted by Crippen LogP contribution is -2.42. The van der Waals surface area contributed by atoms with Gasteiger partial charge < -0.3 is 0 Å². The molecule has 0 saturated carbocycles. The van der Waals surface area contributed by atoms with Gasteiger partial charge in [-0.15, -0.1) is 0 Å². The summed E-state index contributed by atoms with van der Waals surface area (Å²) in [5.74, 6) is -1.04. The van der Waals surface area contributed by atoms with Gasteiger partial charge in [0.25, 0.3) is 17.4 Å².